The molecule has 2 N–H and O–H groups in total. The molecule has 0 fully saturated rings. The molecule has 6 heteroatoms. The third-order valence-corrected chi connectivity index (χ3v) is 3.23. The van der Waals surface area contributed by atoms with Gasteiger partial charge in [0.05, 0.1) is 19.2 Å². The number of aryl methyl sites for hydroxylation is 2. The molecule has 6 nitrogen and oxygen atoms in total. The van der Waals surface area contributed by atoms with Crippen LogP contribution in [0.2, 0.25) is 0 Å². The lowest BCUT2D eigenvalue weighted by atomic mass is 10.1. The number of benzene rings is 1. The van der Waals surface area contributed by atoms with Gasteiger partial charge in [0, 0.05) is 17.4 Å². The second-order valence-corrected chi connectivity index (χ2v) is 4.74. The van der Waals surface area contributed by atoms with Crippen molar-refractivity contribution in [2.45, 2.75) is 20.4 Å². The van der Waals surface area contributed by atoms with Crippen molar-refractivity contribution in [3.8, 4) is 0 Å². The molecule has 0 saturated heterocycles. The second kappa shape index (κ2) is 5.78. The molecule has 2 aromatic rings. The zero-order valence-electron chi connectivity index (χ0n) is 12.2. The normalized spacial score (nSPS) is 10.4. The van der Waals surface area contributed by atoms with Crippen LogP contribution in [-0.2, 0) is 11.3 Å². The van der Waals surface area contributed by atoms with Gasteiger partial charge in [-0.2, -0.15) is 0 Å². The largest absolute Gasteiger partial charge is 0.465 e. The molecule has 1 aromatic carbocycles. The molecule has 0 atom stereocenters. The van der Waals surface area contributed by atoms with Crippen LogP contribution in [0.4, 0.5) is 5.69 Å². The summed E-state index contributed by atoms with van der Waals surface area (Å²) >= 11 is 0. The Hall–Kier alpha value is -2.63. The minimum absolute atomic E-state index is 0.168. The Morgan fingerprint density at radius 1 is 1.38 bits per heavy atom. The van der Waals surface area contributed by atoms with Crippen molar-refractivity contribution in [1.29, 1.82) is 0 Å². The van der Waals surface area contributed by atoms with Gasteiger partial charge in [0.25, 0.3) is 5.56 Å². The lowest BCUT2D eigenvalue weighted by Gasteiger charge is -2.13. The molecule has 0 aliphatic carbocycles. The van der Waals surface area contributed by atoms with E-state index in [1.54, 1.807) is 32.0 Å². The third-order valence-electron chi connectivity index (χ3n) is 3.23. The van der Waals surface area contributed by atoms with Crippen molar-refractivity contribution in [3.05, 3.63) is 57.3 Å². The first-order valence-electron chi connectivity index (χ1n) is 6.44. The number of hydrogen-bond donors (Lipinski definition) is 1. The molecule has 0 aliphatic rings. The maximum absolute atomic E-state index is 12.1. The highest BCUT2D eigenvalue weighted by Gasteiger charge is 2.16. The molecular weight excluding hydrogens is 270 g/mol. The van der Waals surface area contributed by atoms with Crippen molar-refractivity contribution in [1.82, 2.24) is 9.55 Å². The minimum atomic E-state index is -0.520. The standard InChI is InChI=1S/C15H17N3O3/c1-9-7-13(19)18(10(2)17-9)8-11-5-4-6-12(16)14(11)15(20)21-3/h4-7H,8,16H2,1-3H3. The summed E-state index contributed by atoms with van der Waals surface area (Å²) in [5.74, 6) is 0.0621. The quantitative estimate of drug-likeness (QED) is 0.678. The molecule has 0 bridgehead atoms. The molecule has 0 unspecified atom stereocenters. The van der Waals surface area contributed by atoms with Gasteiger partial charge in [0.15, 0.2) is 0 Å². The molecule has 0 radical (unpaired) electrons. The molecule has 0 saturated carbocycles. The van der Waals surface area contributed by atoms with Gasteiger partial charge in [-0.1, -0.05) is 12.1 Å². The van der Waals surface area contributed by atoms with Gasteiger partial charge in [-0.3, -0.25) is 9.36 Å². The number of ether oxygens (including phenoxy) is 1. The van der Waals surface area contributed by atoms with Gasteiger partial charge in [-0.05, 0) is 25.5 Å². The predicted molar refractivity (Wildman–Crippen MR) is 79.3 cm³/mol. The first kappa shape index (κ1) is 14.8. The van der Waals surface area contributed by atoms with Gasteiger partial charge in [-0.15, -0.1) is 0 Å². The zero-order valence-corrected chi connectivity index (χ0v) is 12.2. The average molecular weight is 287 g/mol. The minimum Gasteiger partial charge on any atom is -0.465 e. The fraction of sp³-hybridized carbons (Fsp3) is 0.267. The topological polar surface area (TPSA) is 87.2 Å². The van der Waals surface area contributed by atoms with Gasteiger partial charge in [0.1, 0.15) is 5.82 Å². The number of rotatable bonds is 3. The van der Waals surface area contributed by atoms with E-state index in [1.807, 2.05) is 0 Å². The summed E-state index contributed by atoms with van der Waals surface area (Å²) in [6.45, 7) is 3.73. The van der Waals surface area contributed by atoms with E-state index in [9.17, 15) is 9.59 Å². The van der Waals surface area contributed by atoms with E-state index in [0.717, 1.165) is 0 Å². The first-order chi connectivity index (χ1) is 9.93. The van der Waals surface area contributed by atoms with Crippen LogP contribution in [0.1, 0.15) is 27.4 Å². The van der Waals surface area contributed by atoms with Gasteiger partial charge >= 0.3 is 5.97 Å². The number of nitrogens with two attached hydrogens (primary N) is 1. The summed E-state index contributed by atoms with van der Waals surface area (Å²) < 4.78 is 6.25. The number of hydrogen-bond acceptors (Lipinski definition) is 5. The van der Waals surface area contributed by atoms with E-state index in [0.29, 0.717) is 22.8 Å². The van der Waals surface area contributed by atoms with E-state index in [4.69, 9.17) is 10.5 Å². The number of nitrogen functional groups attached to an aromatic ring is 1. The number of methoxy groups -OCH3 is 1. The summed E-state index contributed by atoms with van der Waals surface area (Å²) in [5.41, 5.74) is 7.57. The highest BCUT2D eigenvalue weighted by atomic mass is 16.5. The SMILES string of the molecule is COC(=O)c1c(N)cccc1Cn1c(C)nc(C)cc1=O. The van der Waals surface area contributed by atoms with Crippen LogP contribution in [0.25, 0.3) is 0 Å². The van der Waals surface area contributed by atoms with Crippen LogP contribution >= 0.6 is 0 Å². The maximum atomic E-state index is 12.1. The molecular formula is C15H17N3O3. The Bertz CT molecular complexity index is 750. The van der Waals surface area contributed by atoms with Gasteiger partial charge < -0.3 is 10.5 Å². The number of carbonyl (C=O) groups is 1. The van der Waals surface area contributed by atoms with E-state index >= 15 is 0 Å². The second-order valence-electron chi connectivity index (χ2n) is 4.74. The molecule has 110 valence electrons. The highest BCUT2D eigenvalue weighted by Crippen LogP contribution is 2.19. The Morgan fingerprint density at radius 3 is 2.71 bits per heavy atom. The van der Waals surface area contributed by atoms with E-state index < -0.39 is 5.97 Å². The molecule has 1 aromatic heterocycles. The van der Waals surface area contributed by atoms with E-state index in [1.165, 1.54) is 17.7 Å². The van der Waals surface area contributed by atoms with Crippen molar-refractivity contribution in [2.75, 3.05) is 12.8 Å². The van der Waals surface area contributed by atoms with Crippen LogP contribution < -0.4 is 11.3 Å². The zero-order chi connectivity index (χ0) is 15.6. The summed E-state index contributed by atoms with van der Waals surface area (Å²) in [6, 6.07) is 6.56. The Balaban J connectivity index is 2.53. The van der Waals surface area contributed by atoms with Crippen molar-refractivity contribution in [3.63, 3.8) is 0 Å². The fourth-order valence-corrected chi connectivity index (χ4v) is 2.23. The molecule has 0 amide bonds. The van der Waals surface area contributed by atoms with Crippen molar-refractivity contribution >= 4 is 11.7 Å². The van der Waals surface area contributed by atoms with E-state index in [-0.39, 0.29) is 17.7 Å². The van der Waals surface area contributed by atoms with Crippen molar-refractivity contribution in [2.24, 2.45) is 0 Å². The molecule has 0 aliphatic heterocycles. The molecule has 0 spiro atoms. The lowest BCUT2D eigenvalue weighted by Crippen LogP contribution is -2.25. The third kappa shape index (κ3) is 2.94. The number of nitrogens with zero attached hydrogens (tertiary/aromatic N) is 2. The Kier molecular flexibility index (Phi) is 4.07. The monoisotopic (exact) mass is 287 g/mol. The highest BCUT2D eigenvalue weighted by molar-refractivity contribution is 5.96. The molecule has 1 heterocycles. The summed E-state index contributed by atoms with van der Waals surface area (Å²) in [4.78, 5) is 28.2. The number of aromatic nitrogens is 2. The smallest absolute Gasteiger partial charge is 0.340 e. The number of anilines is 1. The van der Waals surface area contributed by atoms with Gasteiger partial charge in [-0.25, -0.2) is 9.78 Å². The predicted octanol–water partition coefficient (Wildman–Crippen LogP) is 1.28. The summed E-state index contributed by atoms with van der Waals surface area (Å²) in [5, 5.41) is 0. The van der Waals surface area contributed by atoms with Crippen molar-refractivity contribution < 1.29 is 9.53 Å². The summed E-state index contributed by atoms with van der Waals surface area (Å²) in [7, 11) is 1.30. The summed E-state index contributed by atoms with van der Waals surface area (Å²) in [6.07, 6.45) is 0. The van der Waals surface area contributed by atoms with Crippen LogP contribution in [0.15, 0.2) is 29.1 Å². The Labute approximate surface area is 122 Å². The van der Waals surface area contributed by atoms with Gasteiger partial charge in [0.2, 0.25) is 0 Å². The van der Waals surface area contributed by atoms with Crippen LogP contribution in [0, 0.1) is 13.8 Å². The fourth-order valence-electron chi connectivity index (χ4n) is 2.23. The maximum Gasteiger partial charge on any atom is 0.340 e. The van der Waals surface area contributed by atoms with Crippen LogP contribution in [0.5, 0.6) is 0 Å². The van der Waals surface area contributed by atoms with Crippen LogP contribution in [0.3, 0.4) is 0 Å². The Morgan fingerprint density at radius 2 is 2.10 bits per heavy atom. The average Bonchev–Trinajstić information content (AvgIpc) is 2.42. The van der Waals surface area contributed by atoms with E-state index in [2.05, 4.69) is 4.98 Å². The number of carbonyl (C=O) groups excluding carboxylic acids is 1. The molecule has 21 heavy (non-hydrogen) atoms. The number of esters is 1. The molecule has 2 rings (SSSR count). The lowest BCUT2D eigenvalue weighted by molar-refractivity contribution is 0.0600. The van der Waals surface area contributed by atoms with Crippen LogP contribution in [-0.4, -0.2) is 22.6 Å². The first-order valence-corrected chi connectivity index (χ1v) is 6.44.